The molecule has 15 nitrogen and oxygen atoms in total. The third-order valence-corrected chi connectivity index (χ3v) is 7.34. The predicted molar refractivity (Wildman–Crippen MR) is 149 cm³/mol. The lowest BCUT2D eigenvalue weighted by atomic mass is 9.84. The Bertz CT molecular complexity index is 720. The quantitative estimate of drug-likeness (QED) is 0.138. The lowest BCUT2D eigenvalue weighted by molar-refractivity contribution is -0.343. The Labute approximate surface area is 257 Å². The summed E-state index contributed by atoms with van der Waals surface area (Å²) in [4.78, 5) is 0. The average Bonchev–Trinajstić information content (AvgIpc) is 2.86. The van der Waals surface area contributed by atoms with E-state index in [9.17, 15) is 25.5 Å². The second-order valence-electron chi connectivity index (χ2n) is 9.83. The van der Waals surface area contributed by atoms with E-state index in [1.165, 1.54) is 0 Å². The number of halogens is 4. The molecule has 242 valence electrons. The van der Waals surface area contributed by atoms with Crippen molar-refractivity contribution in [2.45, 2.75) is 105 Å². The zero-order chi connectivity index (χ0) is 26.1. The van der Waals surface area contributed by atoms with E-state index in [2.05, 4.69) is 0 Å². The summed E-state index contributed by atoms with van der Waals surface area (Å²) < 4.78 is 35.5. The number of aliphatic hydroxyl groups is 5. The van der Waals surface area contributed by atoms with Crippen LogP contribution in [-0.2, 0) is 28.4 Å². The van der Waals surface area contributed by atoms with Crippen molar-refractivity contribution in [3.63, 3.8) is 0 Å². The molecular weight excluding hydrogens is 626 g/mol. The molecule has 40 heavy (non-hydrogen) atoms. The van der Waals surface area contributed by atoms with Gasteiger partial charge >= 0.3 is 0 Å². The predicted octanol–water partition coefficient (Wildman–Crippen LogP) is -4.15. The van der Waals surface area contributed by atoms with Crippen LogP contribution in [0.4, 0.5) is 0 Å². The Kier molecular flexibility index (Phi) is 18.0. The van der Waals surface area contributed by atoms with Gasteiger partial charge < -0.3 is 76.9 Å². The average molecular weight is 670 g/mol. The first-order valence-electron chi connectivity index (χ1n) is 12.3. The van der Waals surface area contributed by atoms with Crippen molar-refractivity contribution in [3.05, 3.63) is 0 Å². The molecule has 4 rings (SSSR count). The molecule has 1 saturated carbocycles. The maximum Gasteiger partial charge on any atom is 0.187 e. The minimum absolute atomic E-state index is 0. The highest BCUT2D eigenvalue weighted by Crippen LogP contribution is 2.34. The topological polar surface area (TPSA) is 261 Å². The van der Waals surface area contributed by atoms with Crippen molar-refractivity contribution >= 4 is 49.6 Å². The number of rotatable bonds is 4. The van der Waals surface area contributed by atoms with Crippen LogP contribution in [0.1, 0.15) is 12.8 Å². The molecule has 19 heteroatoms. The van der Waals surface area contributed by atoms with Crippen LogP contribution in [0.2, 0.25) is 0 Å². The van der Waals surface area contributed by atoms with E-state index in [0.29, 0.717) is 6.42 Å². The van der Waals surface area contributed by atoms with E-state index >= 15 is 0 Å². The van der Waals surface area contributed by atoms with Gasteiger partial charge in [0.1, 0.15) is 61.0 Å². The van der Waals surface area contributed by atoms with Crippen molar-refractivity contribution in [1.29, 1.82) is 0 Å². The molecule has 3 aliphatic heterocycles. The van der Waals surface area contributed by atoms with Crippen LogP contribution >= 0.6 is 49.6 Å². The zero-order valence-corrected chi connectivity index (χ0v) is 24.8. The van der Waals surface area contributed by atoms with Gasteiger partial charge in [-0.05, 0) is 12.8 Å². The van der Waals surface area contributed by atoms with Crippen LogP contribution in [0.15, 0.2) is 0 Å². The fraction of sp³-hybridized carbons (Fsp3) is 1.00. The third-order valence-electron chi connectivity index (χ3n) is 7.34. The monoisotopic (exact) mass is 668 g/mol. The molecule has 0 aromatic rings. The molecule has 0 spiro atoms. The molecule has 15 atom stereocenters. The second-order valence-corrected chi connectivity index (χ2v) is 9.83. The first-order chi connectivity index (χ1) is 17.2. The molecule has 0 bridgehead atoms. The number of hydrogen-bond donors (Lipinski definition) is 9. The molecule has 3 heterocycles. The van der Waals surface area contributed by atoms with E-state index in [-0.39, 0.29) is 75.8 Å². The first kappa shape index (κ1) is 40.6. The number of fused-ring (bicyclic) bond motifs is 2. The first-order valence-corrected chi connectivity index (χ1v) is 12.3. The summed E-state index contributed by atoms with van der Waals surface area (Å²) in [6.07, 6.45) is -12.6. The van der Waals surface area contributed by atoms with E-state index in [1.54, 1.807) is 0 Å². The molecule has 0 radical (unpaired) electrons. The Morgan fingerprint density at radius 3 is 1.93 bits per heavy atom. The van der Waals surface area contributed by atoms with Gasteiger partial charge in [0.05, 0.1) is 12.6 Å². The highest BCUT2D eigenvalue weighted by molar-refractivity contribution is 5.86. The molecule has 4 aliphatic rings. The Morgan fingerprint density at radius 2 is 1.32 bits per heavy atom. The number of ether oxygens (including phenoxy) is 6. The fourth-order valence-corrected chi connectivity index (χ4v) is 5.23. The summed E-state index contributed by atoms with van der Waals surface area (Å²) in [5.74, 6) is 0. The molecule has 13 N–H and O–H groups in total. The van der Waals surface area contributed by atoms with Crippen LogP contribution in [-0.4, -0.2) is 144 Å². The van der Waals surface area contributed by atoms with Gasteiger partial charge in [-0.1, -0.05) is 0 Å². The van der Waals surface area contributed by atoms with Crippen LogP contribution in [0.3, 0.4) is 0 Å². The van der Waals surface area contributed by atoms with Gasteiger partial charge in [-0.15, -0.1) is 49.6 Å². The van der Waals surface area contributed by atoms with E-state index in [0.717, 1.165) is 0 Å². The van der Waals surface area contributed by atoms with Gasteiger partial charge in [-0.3, -0.25) is 0 Å². The molecule has 0 aromatic carbocycles. The molecule has 3 saturated heterocycles. The summed E-state index contributed by atoms with van der Waals surface area (Å²) in [5, 5.41) is 51.3. The normalized spacial score (nSPS) is 47.5. The Hall–Kier alpha value is 0.560. The molecule has 0 amide bonds. The third kappa shape index (κ3) is 8.38. The van der Waals surface area contributed by atoms with Crippen LogP contribution in [0, 0.1) is 0 Å². The standard InChI is InChI=1S/C21H40N4O11.4ClH/c22-5-9-13(28)15(30)18-21(33-9)36-17-8(24)4-7(23)16(19(17)32-3-1-2-31-18)35-20-14(29)11(25)12(27)10(6-26)34-20;;;;/h7-21,26-30H,1-6,22-25H2;4*1H/t7-,8+,9-,10-,11+,12-,13-,14-,15+,16+,17-,18-,19-,20-,21-;;;;/m1..../s1. The van der Waals surface area contributed by atoms with Gasteiger partial charge in [0.15, 0.2) is 12.6 Å². The summed E-state index contributed by atoms with van der Waals surface area (Å²) in [5.41, 5.74) is 24.4. The van der Waals surface area contributed by atoms with Crippen molar-refractivity contribution in [2.75, 3.05) is 26.4 Å². The maximum atomic E-state index is 10.7. The smallest absolute Gasteiger partial charge is 0.187 e. The second kappa shape index (κ2) is 17.8. The minimum Gasteiger partial charge on any atom is -0.394 e. The molecular formula is C21H44Cl4N4O11. The summed E-state index contributed by atoms with van der Waals surface area (Å²) >= 11 is 0. The zero-order valence-electron chi connectivity index (χ0n) is 21.5. The minimum atomic E-state index is -1.41. The summed E-state index contributed by atoms with van der Waals surface area (Å²) in [6, 6.07) is -2.40. The van der Waals surface area contributed by atoms with Crippen molar-refractivity contribution in [3.8, 4) is 0 Å². The Balaban J connectivity index is 0.00000380. The Morgan fingerprint density at radius 1 is 0.700 bits per heavy atom. The van der Waals surface area contributed by atoms with Gasteiger partial charge in [-0.25, -0.2) is 0 Å². The fourth-order valence-electron chi connectivity index (χ4n) is 5.23. The van der Waals surface area contributed by atoms with Gasteiger partial charge in [0.25, 0.3) is 0 Å². The van der Waals surface area contributed by atoms with Crippen LogP contribution in [0.25, 0.3) is 0 Å². The molecule has 0 aromatic heterocycles. The number of nitrogens with two attached hydrogens (primary N) is 4. The summed E-state index contributed by atoms with van der Waals surface area (Å²) in [6.45, 7) is -0.211. The highest BCUT2D eigenvalue weighted by Gasteiger charge is 2.53. The number of aliphatic hydroxyl groups excluding tert-OH is 5. The SMILES string of the molecule is Cl.Cl.Cl.Cl.NC[C@H]1O[C@@H]2O[C@H]3[C@H](OCCCO[C@@H]2[C@@H](O)[C@@H]1O)[C@@H](O[C@H]1O[C@H](CO)[C@@H](O)[C@H](N)[C@H]1O)[C@H](N)C[C@@H]3N. The largest absolute Gasteiger partial charge is 0.394 e. The van der Waals surface area contributed by atoms with E-state index in [1.807, 2.05) is 0 Å². The van der Waals surface area contributed by atoms with Crippen molar-refractivity contribution < 1.29 is 54.0 Å². The van der Waals surface area contributed by atoms with E-state index < -0.39 is 98.4 Å². The lowest BCUT2D eigenvalue weighted by Crippen LogP contribution is -2.69. The van der Waals surface area contributed by atoms with Gasteiger partial charge in [0, 0.05) is 31.8 Å². The van der Waals surface area contributed by atoms with Crippen LogP contribution in [0.5, 0.6) is 0 Å². The summed E-state index contributed by atoms with van der Waals surface area (Å²) in [7, 11) is 0. The molecule has 1 aliphatic carbocycles. The lowest BCUT2D eigenvalue weighted by Gasteiger charge is -2.50. The molecule has 0 unspecified atom stereocenters. The van der Waals surface area contributed by atoms with Crippen LogP contribution < -0.4 is 22.9 Å². The molecule has 4 fully saturated rings. The van der Waals surface area contributed by atoms with Gasteiger partial charge in [0.2, 0.25) is 0 Å². The number of hydrogen-bond acceptors (Lipinski definition) is 15. The van der Waals surface area contributed by atoms with Crippen molar-refractivity contribution in [1.82, 2.24) is 0 Å². The van der Waals surface area contributed by atoms with Gasteiger partial charge in [-0.2, -0.15) is 0 Å². The van der Waals surface area contributed by atoms with Crippen molar-refractivity contribution in [2.24, 2.45) is 22.9 Å². The maximum absolute atomic E-state index is 10.7. The highest BCUT2D eigenvalue weighted by atomic mass is 35.5. The van der Waals surface area contributed by atoms with E-state index in [4.69, 9.17) is 51.4 Å².